The third-order valence-corrected chi connectivity index (χ3v) is 3.41. The quantitative estimate of drug-likeness (QED) is 0.821. The molecular weight excluding hydrogens is 280 g/mol. The normalized spacial score (nSPS) is 13.2. The van der Waals surface area contributed by atoms with Gasteiger partial charge in [-0.2, -0.15) is 0 Å². The van der Waals surface area contributed by atoms with Crippen LogP contribution in [0.3, 0.4) is 0 Å². The Morgan fingerprint density at radius 3 is 2.55 bits per heavy atom. The molecule has 0 fully saturated rings. The van der Waals surface area contributed by atoms with Gasteiger partial charge >= 0.3 is 12.0 Å². The van der Waals surface area contributed by atoms with E-state index in [9.17, 15) is 9.59 Å². The Balaban J connectivity index is 2.72. The van der Waals surface area contributed by atoms with Crippen molar-refractivity contribution >= 4 is 29.3 Å². The van der Waals surface area contributed by atoms with Crippen molar-refractivity contribution in [1.29, 1.82) is 0 Å². The molecule has 0 aliphatic heterocycles. The summed E-state index contributed by atoms with van der Waals surface area (Å²) >= 11 is 5.95. The predicted molar refractivity (Wildman–Crippen MR) is 78.9 cm³/mol. The molecule has 0 aliphatic rings. The number of rotatable bonds is 5. The highest BCUT2D eigenvalue weighted by Crippen LogP contribution is 2.20. The topological polar surface area (TPSA) is 67.4 Å². The lowest BCUT2D eigenvalue weighted by Crippen LogP contribution is -2.47. The molecule has 2 amide bonds. The van der Waals surface area contributed by atoms with Crippen LogP contribution in [0.4, 0.5) is 10.5 Å². The molecule has 0 aromatic heterocycles. The summed E-state index contributed by atoms with van der Waals surface area (Å²) in [4.78, 5) is 23.6. The van der Waals surface area contributed by atoms with E-state index in [1.807, 2.05) is 13.8 Å². The maximum absolute atomic E-state index is 11.9. The highest BCUT2D eigenvalue weighted by Gasteiger charge is 2.26. The molecule has 0 heterocycles. The highest BCUT2D eigenvalue weighted by molar-refractivity contribution is 6.33. The average Bonchev–Trinajstić information content (AvgIpc) is 2.45. The van der Waals surface area contributed by atoms with E-state index in [0.717, 1.165) is 6.42 Å². The van der Waals surface area contributed by atoms with Gasteiger partial charge in [0.2, 0.25) is 0 Å². The van der Waals surface area contributed by atoms with Gasteiger partial charge in [-0.3, -0.25) is 0 Å². The van der Waals surface area contributed by atoms with Gasteiger partial charge in [-0.1, -0.05) is 44.0 Å². The zero-order valence-corrected chi connectivity index (χ0v) is 12.5. The Morgan fingerprint density at radius 1 is 1.35 bits per heavy atom. The molecule has 0 saturated heterocycles. The minimum absolute atomic E-state index is 0.0283. The Morgan fingerprint density at radius 2 is 2.00 bits per heavy atom. The first-order valence-electron chi connectivity index (χ1n) is 6.39. The average molecular weight is 299 g/mol. The van der Waals surface area contributed by atoms with Crippen LogP contribution < -0.4 is 10.6 Å². The molecule has 1 aromatic rings. The first-order chi connectivity index (χ1) is 9.49. The number of methoxy groups -OCH3 is 1. The van der Waals surface area contributed by atoms with Gasteiger partial charge in [0.05, 0.1) is 17.8 Å². The molecule has 0 aliphatic carbocycles. The van der Waals surface area contributed by atoms with Crippen molar-refractivity contribution < 1.29 is 14.3 Å². The number of amides is 2. The van der Waals surface area contributed by atoms with Crippen molar-refractivity contribution in [2.75, 3.05) is 12.4 Å². The third-order valence-electron chi connectivity index (χ3n) is 3.08. The van der Waals surface area contributed by atoms with E-state index in [-0.39, 0.29) is 5.92 Å². The Hall–Kier alpha value is -1.75. The van der Waals surface area contributed by atoms with Crippen molar-refractivity contribution in [3.63, 3.8) is 0 Å². The minimum Gasteiger partial charge on any atom is -0.467 e. The molecule has 2 N–H and O–H groups in total. The summed E-state index contributed by atoms with van der Waals surface area (Å²) in [6.45, 7) is 3.81. The van der Waals surface area contributed by atoms with E-state index in [1.165, 1.54) is 7.11 Å². The van der Waals surface area contributed by atoms with Crippen LogP contribution in [0.25, 0.3) is 0 Å². The van der Waals surface area contributed by atoms with Crippen LogP contribution >= 0.6 is 11.6 Å². The highest BCUT2D eigenvalue weighted by atomic mass is 35.5. The van der Waals surface area contributed by atoms with E-state index in [0.29, 0.717) is 10.7 Å². The summed E-state index contributed by atoms with van der Waals surface area (Å²) in [6.07, 6.45) is 0.742. The number of halogens is 1. The Bertz CT molecular complexity index is 479. The fraction of sp³-hybridized carbons (Fsp3) is 0.429. The lowest BCUT2D eigenvalue weighted by Gasteiger charge is -2.22. The van der Waals surface area contributed by atoms with Gasteiger partial charge in [0, 0.05) is 0 Å². The maximum atomic E-state index is 11.9. The number of ether oxygens (including phenoxy) is 1. The molecule has 110 valence electrons. The zero-order valence-electron chi connectivity index (χ0n) is 11.8. The van der Waals surface area contributed by atoms with E-state index in [1.54, 1.807) is 24.3 Å². The fourth-order valence-corrected chi connectivity index (χ4v) is 1.84. The number of urea groups is 1. The number of hydrogen-bond donors (Lipinski definition) is 2. The summed E-state index contributed by atoms with van der Waals surface area (Å²) < 4.78 is 4.70. The standard InChI is InChI=1S/C14H19ClN2O3/c1-4-9(2)12(13(18)20-3)17-14(19)16-11-8-6-5-7-10(11)15/h5-9,12H,4H2,1-3H3,(H2,16,17,19)/t9-,12-/m0/s1. The van der Waals surface area contributed by atoms with Crippen molar-refractivity contribution in [2.24, 2.45) is 5.92 Å². The molecule has 0 spiro atoms. The molecule has 0 saturated carbocycles. The number of hydrogen-bond acceptors (Lipinski definition) is 3. The molecule has 5 nitrogen and oxygen atoms in total. The summed E-state index contributed by atoms with van der Waals surface area (Å²) in [5.74, 6) is -0.492. The van der Waals surface area contributed by atoms with Crippen LogP contribution in [-0.4, -0.2) is 25.2 Å². The Labute approximate surface area is 123 Å². The van der Waals surface area contributed by atoms with Crippen LogP contribution in [-0.2, 0) is 9.53 Å². The number of anilines is 1. The van der Waals surface area contributed by atoms with Crippen molar-refractivity contribution in [2.45, 2.75) is 26.3 Å². The van der Waals surface area contributed by atoms with Gasteiger partial charge in [-0.25, -0.2) is 9.59 Å². The molecule has 6 heteroatoms. The van der Waals surface area contributed by atoms with Gasteiger partial charge in [0.1, 0.15) is 6.04 Å². The second-order valence-electron chi connectivity index (χ2n) is 4.46. The molecule has 20 heavy (non-hydrogen) atoms. The number of carbonyl (C=O) groups excluding carboxylic acids is 2. The van der Waals surface area contributed by atoms with E-state index in [4.69, 9.17) is 16.3 Å². The second-order valence-corrected chi connectivity index (χ2v) is 4.87. The molecule has 0 bridgehead atoms. The van der Waals surface area contributed by atoms with Crippen molar-refractivity contribution in [3.05, 3.63) is 29.3 Å². The van der Waals surface area contributed by atoms with Crippen molar-refractivity contribution in [3.8, 4) is 0 Å². The summed E-state index contributed by atoms with van der Waals surface area (Å²) in [5.41, 5.74) is 0.486. The monoisotopic (exact) mass is 298 g/mol. The zero-order chi connectivity index (χ0) is 15.1. The van der Waals surface area contributed by atoms with E-state index in [2.05, 4.69) is 10.6 Å². The number of para-hydroxylation sites is 1. The molecule has 0 radical (unpaired) electrons. The third kappa shape index (κ3) is 4.42. The number of nitrogens with one attached hydrogen (secondary N) is 2. The van der Waals surface area contributed by atoms with Gasteiger partial charge < -0.3 is 15.4 Å². The first kappa shape index (κ1) is 16.3. The first-order valence-corrected chi connectivity index (χ1v) is 6.77. The SMILES string of the molecule is CC[C@H](C)[C@H](NC(=O)Nc1ccccc1Cl)C(=O)OC. The van der Waals surface area contributed by atoms with Crippen LogP contribution in [0.1, 0.15) is 20.3 Å². The van der Waals surface area contributed by atoms with Crippen LogP contribution in [0.5, 0.6) is 0 Å². The van der Waals surface area contributed by atoms with Gasteiger partial charge in [-0.15, -0.1) is 0 Å². The molecule has 1 rings (SSSR count). The van der Waals surface area contributed by atoms with E-state index < -0.39 is 18.0 Å². The Kier molecular flexibility index (Phi) is 6.31. The largest absolute Gasteiger partial charge is 0.467 e. The van der Waals surface area contributed by atoms with Crippen LogP contribution in [0.2, 0.25) is 5.02 Å². The van der Waals surface area contributed by atoms with Gasteiger partial charge in [-0.05, 0) is 18.1 Å². The van der Waals surface area contributed by atoms with Crippen LogP contribution in [0, 0.1) is 5.92 Å². The molecular formula is C14H19ClN2O3. The van der Waals surface area contributed by atoms with Crippen molar-refractivity contribution in [1.82, 2.24) is 5.32 Å². The lowest BCUT2D eigenvalue weighted by molar-refractivity contribution is -0.144. The maximum Gasteiger partial charge on any atom is 0.328 e. The van der Waals surface area contributed by atoms with Gasteiger partial charge in [0.15, 0.2) is 0 Å². The minimum atomic E-state index is -0.688. The molecule has 1 aromatic carbocycles. The molecule has 2 atom stereocenters. The lowest BCUT2D eigenvalue weighted by atomic mass is 9.99. The summed E-state index contributed by atoms with van der Waals surface area (Å²) in [7, 11) is 1.30. The van der Waals surface area contributed by atoms with Gasteiger partial charge in [0.25, 0.3) is 0 Å². The van der Waals surface area contributed by atoms with E-state index >= 15 is 0 Å². The predicted octanol–water partition coefficient (Wildman–Crippen LogP) is 3.05. The summed E-state index contributed by atoms with van der Waals surface area (Å²) in [6, 6.07) is 5.69. The number of esters is 1. The van der Waals surface area contributed by atoms with Crippen LogP contribution in [0.15, 0.2) is 24.3 Å². The second kappa shape index (κ2) is 7.75. The smallest absolute Gasteiger partial charge is 0.328 e. The molecule has 0 unspecified atom stereocenters. The fourth-order valence-electron chi connectivity index (χ4n) is 1.66. The summed E-state index contributed by atoms with van der Waals surface area (Å²) in [5, 5.41) is 5.65. The number of benzene rings is 1. The number of carbonyl (C=O) groups is 2.